The Hall–Kier alpha value is -1.06. The zero-order valence-corrected chi connectivity index (χ0v) is 17.2. The molecule has 0 aromatic heterocycles. The summed E-state index contributed by atoms with van der Waals surface area (Å²) in [5, 5.41) is 0.209. The highest BCUT2D eigenvalue weighted by atomic mass is 28.4. The Bertz CT molecular complexity index is 621. The molecule has 0 N–H and O–H groups in total. The highest BCUT2D eigenvalue weighted by Gasteiger charge is 2.39. The number of fused-ring (bicyclic) bond motifs is 1. The average molecular weight is 333 g/mol. The van der Waals surface area contributed by atoms with Gasteiger partial charge in [0.1, 0.15) is 11.4 Å². The Morgan fingerprint density at radius 3 is 2.35 bits per heavy atom. The van der Waals surface area contributed by atoms with E-state index in [1.807, 2.05) is 0 Å². The molecule has 1 aromatic rings. The highest BCUT2D eigenvalue weighted by molar-refractivity contribution is 6.74. The van der Waals surface area contributed by atoms with Crippen molar-refractivity contribution >= 4 is 14.4 Å². The lowest BCUT2D eigenvalue weighted by molar-refractivity contribution is 0.155. The van der Waals surface area contributed by atoms with Crippen molar-refractivity contribution in [2.45, 2.75) is 78.3 Å². The highest BCUT2D eigenvalue weighted by Crippen LogP contribution is 2.43. The van der Waals surface area contributed by atoms with Crippen LogP contribution >= 0.6 is 0 Å². The molecule has 2 rings (SSSR count). The Labute approximate surface area is 143 Å². The first kappa shape index (κ1) is 18.3. The van der Waals surface area contributed by atoms with Gasteiger partial charge in [-0.05, 0) is 63.0 Å². The molecule has 3 heteroatoms. The number of rotatable bonds is 3. The maximum Gasteiger partial charge on any atom is 0.192 e. The van der Waals surface area contributed by atoms with Gasteiger partial charge in [0.15, 0.2) is 8.32 Å². The molecule has 2 nitrogen and oxygen atoms in total. The first-order valence-electron chi connectivity index (χ1n) is 8.54. The molecule has 1 heterocycles. The van der Waals surface area contributed by atoms with Gasteiger partial charge in [0.2, 0.25) is 0 Å². The Kier molecular flexibility index (Phi) is 4.60. The molecular weight excluding hydrogens is 300 g/mol. The van der Waals surface area contributed by atoms with Crippen LogP contribution in [0.15, 0.2) is 18.2 Å². The van der Waals surface area contributed by atoms with Crippen LogP contribution in [0, 0.1) is 6.92 Å². The zero-order chi connectivity index (χ0) is 17.6. The monoisotopic (exact) mass is 332 g/mol. The fourth-order valence-corrected chi connectivity index (χ4v) is 4.01. The molecule has 1 aliphatic rings. The van der Waals surface area contributed by atoms with Gasteiger partial charge in [-0.25, -0.2) is 0 Å². The lowest BCUT2D eigenvalue weighted by Crippen LogP contribution is -2.41. The van der Waals surface area contributed by atoms with Crippen molar-refractivity contribution in [3.05, 3.63) is 34.9 Å². The predicted octanol–water partition coefficient (Wildman–Crippen LogP) is 6.26. The molecule has 1 aromatic carbocycles. The molecule has 128 valence electrons. The number of hydrogen-bond acceptors (Lipinski definition) is 2. The van der Waals surface area contributed by atoms with Gasteiger partial charge in [0, 0.05) is 5.56 Å². The van der Waals surface area contributed by atoms with Crippen molar-refractivity contribution in [2.24, 2.45) is 0 Å². The van der Waals surface area contributed by atoms with E-state index in [9.17, 15) is 0 Å². The van der Waals surface area contributed by atoms with Crippen molar-refractivity contribution in [1.82, 2.24) is 0 Å². The van der Waals surface area contributed by atoms with E-state index in [1.165, 1.54) is 16.7 Å². The lowest BCUT2D eigenvalue weighted by Gasteiger charge is -2.39. The smallest absolute Gasteiger partial charge is 0.192 e. The molecule has 0 radical (unpaired) electrons. The van der Waals surface area contributed by atoms with Crippen molar-refractivity contribution in [2.75, 3.05) is 0 Å². The van der Waals surface area contributed by atoms with Crippen LogP contribution in [0.2, 0.25) is 18.1 Å². The third-order valence-electron chi connectivity index (χ3n) is 5.16. The molecule has 0 bridgehead atoms. The predicted molar refractivity (Wildman–Crippen MR) is 102 cm³/mol. The van der Waals surface area contributed by atoms with E-state index in [1.54, 1.807) is 0 Å². The number of hydrogen-bond donors (Lipinski definition) is 0. The van der Waals surface area contributed by atoms with Crippen LogP contribution in [0.4, 0.5) is 0 Å². The topological polar surface area (TPSA) is 18.5 Å². The molecule has 0 saturated carbocycles. The van der Waals surface area contributed by atoms with Gasteiger partial charge in [0.05, 0.1) is 6.10 Å². The average Bonchev–Trinajstić information content (AvgIpc) is 2.37. The van der Waals surface area contributed by atoms with Gasteiger partial charge in [-0.1, -0.05) is 39.0 Å². The largest absolute Gasteiger partial charge is 0.483 e. The van der Waals surface area contributed by atoms with Crippen molar-refractivity contribution in [1.29, 1.82) is 0 Å². The molecule has 0 aliphatic carbocycles. The van der Waals surface area contributed by atoms with Gasteiger partial charge >= 0.3 is 0 Å². The van der Waals surface area contributed by atoms with E-state index in [0.29, 0.717) is 0 Å². The number of aryl methyl sites for hydroxylation is 1. The van der Waals surface area contributed by atoms with E-state index in [4.69, 9.17) is 9.16 Å². The van der Waals surface area contributed by atoms with E-state index in [-0.39, 0.29) is 16.7 Å². The molecule has 0 spiro atoms. The summed E-state index contributed by atoms with van der Waals surface area (Å²) in [6, 6.07) is 4.34. The first-order chi connectivity index (χ1) is 10.3. The summed E-state index contributed by atoms with van der Waals surface area (Å²) in [6.07, 6.45) is 4.41. The van der Waals surface area contributed by atoms with E-state index >= 15 is 0 Å². The Morgan fingerprint density at radius 1 is 1.17 bits per heavy atom. The Balaban J connectivity index is 2.39. The van der Waals surface area contributed by atoms with Gasteiger partial charge < -0.3 is 9.16 Å². The second-order valence-corrected chi connectivity index (χ2v) is 13.5. The summed E-state index contributed by atoms with van der Waals surface area (Å²) in [7, 11) is -1.80. The normalized spacial score (nSPS) is 18.3. The summed E-state index contributed by atoms with van der Waals surface area (Å²) in [4.78, 5) is 0. The molecule has 0 fully saturated rings. The van der Waals surface area contributed by atoms with Crippen LogP contribution in [-0.2, 0) is 4.43 Å². The van der Waals surface area contributed by atoms with Gasteiger partial charge in [-0.2, -0.15) is 0 Å². The molecule has 1 aliphatic heterocycles. The quantitative estimate of drug-likeness (QED) is 0.608. The summed E-state index contributed by atoms with van der Waals surface area (Å²) >= 11 is 0. The van der Waals surface area contributed by atoms with Gasteiger partial charge in [-0.3, -0.25) is 0 Å². The van der Waals surface area contributed by atoms with Crippen LogP contribution in [0.1, 0.15) is 64.3 Å². The van der Waals surface area contributed by atoms with Crippen molar-refractivity contribution in [3.63, 3.8) is 0 Å². The fraction of sp³-hybridized carbons (Fsp3) is 0.600. The summed E-state index contributed by atoms with van der Waals surface area (Å²) in [6.45, 7) is 19.9. The lowest BCUT2D eigenvalue weighted by atomic mass is 9.94. The zero-order valence-electron chi connectivity index (χ0n) is 16.2. The standard InChI is InChI=1S/C20H32O2Si/c1-14-10-11-16(15(2)22-23(8,9)19(3,4)5)17-12-13-20(6,7)21-18(14)17/h10-13,15H,1-9H3. The van der Waals surface area contributed by atoms with E-state index < -0.39 is 8.32 Å². The number of benzene rings is 1. The van der Waals surface area contributed by atoms with Gasteiger partial charge in [-0.15, -0.1) is 0 Å². The third kappa shape index (κ3) is 3.72. The number of ether oxygens (including phenoxy) is 1. The van der Waals surface area contributed by atoms with Crippen LogP contribution in [-0.4, -0.2) is 13.9 Å². The second-order valence-electron chi connectivity index (χ2n) is 8.77. The minimum Gasteiger partial charge on any atom is -0.483 e. The maximum absolute atomic E-state index is 6.60. The minimum absolute atomic E-state index is 0.0692. The molecule has 0 saturated heterocycles. The van der Waals surface area contributed by atoms with Gasteiger partial charge in [0.25, 0.3) is 0 Å². The van der Waals surface area contributed by atoms with Crippen LogP contribution in [0.5, 0.6) is 5.75 Å². The summed E-state index contributed by atoms with van der Waals surface area (Å²) in [5.41, 5.74) is 3.33. The maximum atomic E-state index is 6.60. The van der Waals surface area contributed by atoms with E-state index in [2.05, 4.69) is 85.8 Å². The third-order valence-corrected chi connectivity index (χ3v) is 9.71. The summed E-state index contributed by atoms with van der Waals surface area (Å²) in [5.74, 6) is 1.00. The van der Waals surface area contributed by atoms with Crippen molar-refractivity contribution < 1.29 is 9.16 Å². The summed E-state index contributed by atoms with van der Waals surface area (Å²) < 4.78 is 12.8. The van der Waals surface area contributed by atoms with Crippen molar-refractivity contribution in [3.8, 4) is 5.75 Å². The van der Waals surface area contributed by atoms with Crippen LogP contribution in [0.25, 0.3) is 6.08 Å². The molecule has 1 atom stereocenters. The van der Waals surface area contributed by atoms with E-state index in [0.717, 1.165) is 5.75 Å². The molecular formula is C20H32O2Si. The fourth-order valence-electron chi connectivity index (χ4n) is 2.65. The molecule has 0 amide bonds. The molecule has 1 unspecified atom stereocenters. The SMILES string of the molecule is Cc1ccc(C(C)O[Si](C)(C)C(C)(C)C)c2c1OC(C)(C)C=C2. The second kappa shape index (κ2) is 5.78. The molecule has 23 heavy (non-hydrogen) atoms. The van der Waals surface area contributed by atoms with Crippen LogP contribution < -0.4 is 4.74 Å². The Morgan fingerprint density at radius 2 is 1.78 bits per heavy atom. The van der Waals surface area contributed by atoms with Crippen LogP contribution in [0.3, 0.4) is 0 Å². The first-order valence-corrected chi connectivity index (χ1v) is 11.4. The minimum atomic E-state index is -1.80.